The monoisotopic (exact) mass is 216 g/mol. The van der Waals surface area contributed by atoms with Crippen molar-refractivity contribution in [3.8, 4) is 0 Å². The summed E-state index contributed by atoms with van der Waals surface area (Å²) in [5, 5.41) is 7.33. The molecule has 0 amide bonds. The molecule has 2 fully saturated rings. The topological polar surface area (TPSA) is 24.1 Å². The van der Waals surface area contributed by atoms with Crippen molar-refractivity contribution in [3.05, 3.63) is 35.9 Å². The Morgan fingerprint density at radius 3 is 2.62 bits per heavy atom. The van der Waals surface area contributed by atoms with Gasteiger partial charge in [0.15, 0.2) is 0 Å². The zero-order valence-corrected chi connectivity index (χ0v) is 9.71. The van der Waals surface area contributed by atoms with Crippen molar-refractivity contribution in [2.45, 2.75) is 37.3 Å². The summed E-state index contributed by atoms with van der Waals surface area (Å²) in [4.78, 5) is 0. The Morgan fingerprint density at radius 1 is 1.19 bits per heavy atom. The summed E-state index contributed by atoms with van der Waals surface area (Å²) in [5.74, 6) is 0. The van der Waals surface area contributed by atoms with Gasteiger partial charge in [0.25, 0.3) is 0 Å². The lowest BCUT2D eigenvalue weighted by Gasteiger charge is -2.29. The van der Waals surface area contributed by atoms with Crippen molar-refractivity contribution in [2.75, 3.05) is 13.1 Å². The van der Waals surface area contributed by atoms with E-state index in [4.69, 9.17) is 0 Å². The summed E-state index contributed by atoms with van der Waals surface area (Å²) in [6.45, 7) is 2.32. The number of nitrogens with one attached hydrogen (secondary N) is 2. The van der Waals surface area contributed by atoms with E-state index < -0.39 is 0 Å². The summed E-state index contributed by atoms with van der Waals surface area (Å²) >= 11 is 0. The number of hydrogen-bond acceptors (Lipinski definition) is 2. The van der Waals surface area contributed by atoms with E-state index in [1.165, 1.54) is 37.8 Å². The first-order chi connectivity index (χ1) is 7.89. The van der Waals surface area contributed by atoms with Crippen molar-refractivity contribution in [3.63, 3.8) is 0 Å². The molecule has 1 heterocycles. The van der Waals surface area contributed by atoms with Gasteiger partial charge in [-0.2, -0.15) is 0 Å². The highest BCUT2D eigenvalue weighted by Gasteiger charge is 2.45. The second kappa shape index (κ2) is 4.19. The van der Waals surface area contributed by atoms with E-state index in [0.29, 0.717) is 11.6 Å². The molecule has 1 atom stereocenters. The maximum absolute atomic E-state index is 3.86. The molecular weight excluding hydrogens is 196 g/mol. The third-order valence-electron chi connectivity index (χ3n) is 3.85. The molecular formula is C14H20N2. The fraction of sp³-hybridized carbons (Fsp3) is 0.571. The molecule has 0 spiro atoms. The molecule has 2 N–H and O–H groups in total. The highest BCUT2D eigenvalue weighted by Crippen LogP contribution is 2.45. The van der Waals surface area contributed by atoms with E-state index >= 15 is 0 Å². The SMILES string of the molecule is c1ccc(C2(NC3CCCNC3)CC2)cc1. The van der Waals surface area contributed by atoms with Crippen molar-refractivity contribution >= 4 is 0 Å². The van der Waals surface area contributed by atoms with Gasteiger partial charge < -0.3 is 10.6 Å². The first-order valence-electron chi connectivity index (χ1n) is 6.43. The van der Waals surface area contributed by atoms with Gasteiger partial charge in [-0.05, 0) is 37.8 Å². The molecule has 1 saturated heterocycles. The van der Waals surface area contributed by atoms with Crippen LogP contribution in [0.3, 0.4) is 0 Å². The zero-order valence-electron chi connectivity index (χ0n) is 9.71. The molecule has 2 nitrogen and oxygen atoms in total. The van der Waals surface area contributed by atoms with Crippen LogP contribution in [0, 0.1) is 0 Å². The van der Waals surface area contributed by atoms with Gasteiger partial charge in [0.2, 0.25) is 0 Å². The highest BCUT2D eigenvalue weighted by molar-refractivity contribution is 5.30. The Balaban J connectivity index is 1.69. The van der Waals surface area contributed by atoms with E-state index in [-0.39, 0.29) is 0 Å². The normalized spacial score (nSPS) is 27.6. The van der Waals surface area contributed by atoms with Gasteiger partial charge in [-0.1, -0.05) is 30.3 Å². The maximum Gasteiger partial charge on any atom is 0.0438 e. The quantitative estimate of drug-likeness (QED) is 0.807. The van der Waals surface area contributed by atoms with Crippen LogP contribution in [0.25, 0.3) is 0 Å². The fourth-order valence-electron chi connectivity index (χ4n) is 2.76. The molecule has 0 bridgehead atoms. The van der Waals surface area contributed by atoms with Crippen LogP contribution in [-0.2, 0) is 5.54 Å². The first kappa shape index (κ1) is 10.3. The number of benzene rings is 1. The first-order valence-corrected chi connectivity index (χ1v) is 6.43. The van der Waals surface area contributed by atoms with Gasteiger partial charge in [0.1, 0.15) is 0 Å². The van der Waals surface area contributed by atoms with Crippen molar-refractivity contribution in [1.82, 2.24) is 10.6 Å². The lowest BCUT2D eigenvalue weighted by atomic mass is 10.0. The molecule has 2 heteroatoms. The van der Waals surface area contributed by atoms with E-state index in [0.717, 1.165) is 6.54 Å². The second-order valence-corrected chi connectivity index (χ2v) is 5.14. The molecule has 2 aliphatic rings. The van der Waals surface area contributed by atoms with Crippen LogP contribution >= 0.6 is 0 Å². The van der Waals surface area contributed by atoms with Crippen molar-refractivity contribution < 1.29 is 0 Å². The Kier molecular flexibility index (Phi) is 2.70. The Bertz CT molecular complexity index is 337. The molecule has 1 aliphatic heterocycles. The summed E-state index contributed by atoms with van der Waals surface area (Å²) in [7, 11) is 0. The molecule has 0 radical (unpaired) electrons. The summed E-state index contributed by atoms with van der Waals surface area (Å²) in [6, 6.07) is 11.6. The molecule has 0 aromatic heterocycles. The van der Waals surface area contributed by atoms with Crippen LogP contribution in [0.4, 0.5) is 0 Å². The minimum Gasteiger partial charge on any atom is -0.315 e. The van der Waals surface area contributed by atoms with Crippen LogP contribution in [0.1, 0.15) is 31.2 Å². The van der Waals surface area contributed by atoms with Crippen molar-refractivity contribution in [1.29, 1.82) is 0 Å². The lowest BCUT2D eigenvalue weighted by Crippen LogP contribution is -2.47. The average Bonchev–Trinajstić information content (AvgIpc) is 3.13. The van der Waals surface area contributed by atoms with E-state index in [1.54, 1.807) is 0 Å². The second-order valence-electron chi connectivity index (χ2n) is 5.14. The zero-order chi connectivity index (χ0) is 10.8. The Labute approximate surface area is 97.4 Å². The average molecular weight is 216 g/mol. The summed E-state index contributed by atoms with van der Waals surface area (Å²) in [6.07, 6.45) is 5.23. The molecule has 16 heavy (non-hydrogen) atoms. The molecule has 3 rings (SSSR count). The summed E-state index contributed by atoms with van der Waals surface area (Å²) < 4.78 is 0. The van der Waals surface area contributed by atoms with Gasteiger partial charge in [0.05, 0.1) is 0 Å². The molecule has 1 aromatic rings. The predicted molar refractivity (Wildman–Crippen MR) is 66.4 cm³/mol. The largest absolute Gasteiger partial charge is 0.315 e. The van der Waals surface area contributed by atoms with Crippen LogP contribution in [0.2, 0.25) is 0 Å². The van der Waals surface area contributed by atoms with Crippen LogP contribution in [0.15, 0.2) is 30.3 Å². The smallest absolute Gasteiger partial charge is 0.0438 e. The van der Waals surface area contributed by atoms with Crippen LogP contribution < -0.4 is 10.6 Å². The third kappa shape index (κ3) is 2.00. The Morgan fingerprint density at radius 2 is 2.00 bits per heavy atom. The number of piperidine rings is 1. The van der Waals surface area contributed by atoms with E-state index in [2.05, 4.69) is 41.0 Å². The fourth-order valence-corrected chi connectivity index (χ4v) is 2.76. The third-order valence-corrected chi connectivity index (χ3v) is 3.85. The number of hydrogen-bond donors (Lipinski definition) is 2. The Hall–Kier alpha value is -0.860. The lowest BCUT2D eigenvalue weighted by molar-refractivity contribution is 0.342. The van der Waals surface area contributed by atoms with Gasteiger partial charge in [-0.25, -0.2) is 0 Å². The molecule has 1 unspecified atom stereocenters. The highest BCUT2D eigenvalue weighted by atomic mass is 15.1. The predicted octanol–water partition coefficient (Wildman–Crippen LogP) is 2.02. The summed E-state index contributed by atoms with van der Waals surface area (Å²) in [5.41, 5.74) is 1.78. The van der Waals surface area contributed by atoms with Crippen molar-refractivity contribution in [2.24, 2.45) is 0 Å². The van der Waals surface area contributed by atoms with Crippen LogP contribution in [0.5, 0.6) is 0 Å². The minimum atomic E-state index is 0.310. The van der Waals surface area contributed by atoms with Crippen LogP contribution in [-0.4, -0.2) is 19.1 Å². The van der Waals surface area contributed by atoms with Gasteiger partial charge in [-0.15, -0.1) is 0 Å². The van der Waals surface area contributed by atoms with E-state index in [1.807, 2.05) is 0 Å². The van der Waals surface area contributed by atoms with E-state index in [9.17, 15) is 0 Å². The minimum absolute atomic E-state index is 0.310. The van der Waals surface area contributed by atoms with Gasteiger partial charge >= 0.3 is 0 Å². The maximum atomic E-state index is 3.86. The molecule has 1 aliphatic carbocycles. The molecule has 1 saturated carbocycles. The molecule has 1 aromatic carbocycles. The standard InChI is InChI=1S/C14H20N2/c1-2-5-12(6-3-1)14(8-9-14)16-13-7-4-10-15-11-13/h1-3,5-6,13,15-16H,4,7-11H2. The van der Waals surface area contributed by atoms with Gasteiger partial charge in [0, 0.05) is 18.1 Å². The van der Waals surface area contributed by atoms with Gasteiger partial charge in [-0.3, -0.25) is 0 Å². The molecule has 86 valence electrons. The number of rotatable bonds is 3.